The van der Waals surface area contributed by atoms with Crippen LogP contribution >= 0.6 is 0 Å². The molecule has 1 unspecified atom stereocenters. The van der Waals surface area contributed by atoms with Crippen LogP contribution in [0.5, 0.6) is 5.75 Å². The molecule has 7 heteroatoms. The lowest BCUT2D eigenvalue weighted by atomic mass is 9.83. The number of carbonyl (C=O) groups is 3. The summed E-state index contributed by atoms with van der Waals surface area (Å²) in [5, 5.41) is 3.78. The highest BCUT2D eigenvalue weighted by Gasteiger charge is 2.38. The molecule has 34 heavy (non-hydrogen) atoms. The van der Waals surface area contributed by atoms with Gasteiger partial charge in [-0.1, -0.05) is 18.2 Å². The van der Waals surface area contributed by atoms with E-state index in [4.69, 9.17) is 9.47 Å². The zero-order chi connectivity index (χ0) is 24.1. The standard InChI is InChI=1S/C27H28N2O5/c1-3-33-27(32)22-8-6-10-24(30)25(22)29-26(31)18-11-13-20(14-12-18)34-16-19-15-17(2)28-23-9-5-4-7-21(19)23/h4-5,7,9,11-15,22,25H,3,6,8,10,16H2,1-2H3,(H,29,31)/t22-,25?/m0/s1. The lowest BCUT2D eigenvalue weighted by molar-refractivity contribution is -0.152. The summed E-state index contributed by atoms with van der Waals surface area (Å²) in [4.78, 5) is 42.0. The second kappa shape index (κ2) is 10.5. The molecule has 1 saturated carbocycles. The van der Waals surface area contributed by atoms with E-state index in [1.807, 2.05) is 37.3 Å². The number of esters is 1. The Kier molecular flexibility index (Phi) is 7.21. The van der Waals surface area contributed by atoms with Gasteiger partial charge >= 0.3 is 5.97 Å². The van der Waals surface area contributed by atoms with Gasteiger partial charge in [0.25, 0.3) is 5.91 Å². The van der Waals surface area contributed by atoms with Crippen LogP contribution in [0.25, 0.3) is 10.9 Å². The molecule has 0 bridgehead atoms. The van der Waals surface area contributed by atoms with Gasteiger partial charge in [0, 0.05) is 28.6 Å². The van der Waals surface area contributed by atoms with Crippen molar-refractivity contribution in [3.63, 3.8) is 0 Å². The van der Waals surface area contributed by atoms with Crippen LogP contribution in [0.1, 0.15) is 47.8 Å². The minimum absolute atomic E-state index is 0.141. The number of amides is 1. The molecule has 1 fully saturated rings. The molecule has 7 nitrogen and oxygen atoms in total. The van der Waals surface area contributed by atoms with Crippen molar-refractivity contribution < 1.29 is 23.9 Å². The number of rotatable bonds is 7. The normalized spacial score (nSPS) is 17.9. The summed E-state index contributed by atoms with van der Waals surface area (Å²) >= 11 is 0. The number of nitrogens with one attached hydrogen (secondary N) is 1. The van der Waals surface area contributed by atoms with Crippen LogP contribution in [0.15, 0.2) is 54.6 Å². The van der Waals surface area contributed by atoms with Gasteiger partial charge in [0.2, 0.25) is 0 Å². The number of aromatic nitrogens is 1. The number of aryl methyl sites for hydroxylation is 1. The van der Waals surface area contributed by atoms with Crippen LogP contribution in [-0.4, -0.2) is 35.3 Å². The van der Waals surface area contributed by atoms with Crippen LogP contribution in [0, 0.1) is 12.8 Å². The van der Waals surface area contributed by atoms with Gasteiger partial charge in [0.15, 0.2) is 5.78 Å². The molecule has 3 aromatic rings. The first kappa shape index (κ1) is 23.4. The Morgan fingerprint density at radius 1 is 1.12 bits per heavy atom. The Morgan fingerprint density at radius 2 is 1.88 bits per heavy atom. The summed E-state index contributed by atoms with van der Waals surface area (Å²) in [7, 11) is 0. The molecule has 1 aromatic heterocycles. The van der Waals surface area contributed by atoms with Crippen LogP contribution in [-0.2, 0) is 20.9 Å². The number of carbonyl (C=O) groups excluding carboxylic acids is 3. The third-order valence-electron chi connectivity index (χ3n) is 6.00. The highest BCUT2D eigenvalue weighted by molar-refractivity contribution is 6.00. The van der Waals surface area contributed by atoms with Gasteiger partial charge in [0.05, 0.1) is 18.0 Å². The average Bonchev–Trinajstić information content (AvgIpc) is 2.84. The summed E-state index contributed by atoms with van der Waals surface area (Å²) in [6.45, 7) is 4.28. The minimum Gasteiger partial charge on any atom is -0.489 e. The van der Waals surface area contributed by atoms with E-state index in [2.05, 4.69) is 10.3 Å². The molecule has 2 aromatic carbocycles. The van der Waals surface area contributed by atoms with E-state index in [9.17, 15) is 14.4 Å². The zero-order valence-electron chi connectivity index (χ0n) is 19.4. The highest BCUT2D eigenvalue weighted by atomic mass is 16.5. The van der Waals surface area contributed by atoms with Crippen molar-refractivity contribution >= 4 is 28.6 Å². The number of ketones is 1. The molecule has 4 rings (SSSR count). The number of benzene rings is 2. The summed E-state index contributed by atoms with van der Waals surface area (Å²) in [6.07, 6.45) is 1.48. The zero-order valence-corrected chi connectivity index (χ0v) is 19.4. The number of hydrogen-bond acceptors (Lipinski definition) is 6. The Labute approximate surface area is 198 Å². The smallest absolute Gasteiger partial charge is 0.311 e. The van der Waals surface area contributed by atoms with Crippen LogP contribution in [0.3, 0.4) is 0 Å². The van der Waals surface area contributed by atoms with Gasteiger partial charge in [-0.15, -0.1) is 0 Å². The molecule has 0 radical (unpaired) electrons. The SMILES string of the molecule is CCOC(=O)[C@H]1CCCC(=O)C1NC(=O)c1ccc(OCc2cc(C)nc3ccccc23)cc1. The molecule has 1 aliphatic rings. The van der Waals surface area contributed by atoms with E-state index in [1.54, 1.807) is 31.2 Å². The lowest BCUT2D eigenvalue weighted by Crippen LogP contribution is -2.51. The van der Waals surface area contributed by atoms with Crippen LogP contribution in [0.4, 0.5) is 0 Å². The average molecular weight is 461 g/mol. The minimum atomic E-state index is -0.862. The summed E-state index contributed by atoms with van der Waals surface area (Å²) in [6, 6.07) is 15.8. The number of Topliss-reactive ketones (excluding diaryl/α,β-unsaturated/α-hetero) is 1. The predicted molar refractivity (Wildman–Crippen MR) is 127 cm³/mol. The Morgan fingerprint density at radius 3 is 2.65 bits per heavy atom. The third kappa shape index (κ3) is 5.25. The first-order valence-corrected chi connectivity index (χ1v) is 11.5. The van der Waals surface area contributed by atoms with Gasteiger partial charge in [-0.3, -0.25) is 19.4 Å². The van der Waals surface area contributed by atoms with E-state index in [0.717, 1.165) is 22.2 Å². The van der Waals surface area contributed by atoms with Crippen LogP contribution in [0.2, 0.25) is 0 Å². The molecular formula is C27H28N2O5. The molecule has 1 N–H and O–H groups in total. The second-order valence-corrected chi connectivity index (χ2v) is 8.42. The van der Waals surface area contributed by atoms with Crippen LogP contribution < -0.4 is 10.1 Å². The number of fused-ring (bicyclic) bond motifs is 1. The molecule has 1 amide bonds. The fourth-order valence-corrected chi connectivity index (χ4v) is 4.33. The van der Waals surface area contributed by atoms with E-state index in [-0.39, 0.29) is 12.4 Å². The first-order chi connectivity index (χ1) is 16.5. The number of nitrogens with zero attached hydrogens (tertiary/aromatic N) is 1. The van der Waals surface area contributed by atoms with Gasteiger partial charge in [0.1, 0.15) is 18.4 Å². The molecule has 1 aliphatic carbocycles. The summed E-state index contributed by atoms with van der Waals surface area (Å²) in [5.74, 6) is -1.02. The number of ether oxygens (including phenoxy) is 2. The second-order valence-electron chi connectivity index (χ2n) is 8.42. The van der Waals surface area contributed by atoms with Crippen molar-refractivity contribution in [3.8, 4) is 5.75 Å². The predicted octanol–water partition coefficient (Wildman–Crippen LogP) is 4.15. The van der Waals surface area contributed by atoms with Gasteiger partial charge < -0.3 is 14.8 Å². The molecule has 1 heterocycles. The van der Waals surface area contributed by atoms with Crippen molar-refractivity contribution in [2.75, 3.05) is 6.61 Å². The number of hydrogen-bond donors (Lipinski definition) is 1. The summed E-state index contributed by atoms with van der Waals surface area (Å²) < 4.78 is 11.1. The van der Waals surface area contributed by atoms with E-state index < -0.39 is 23.8 Å². The fraction of sp³-hybridized carbons (Fsp3) is 0.333. The Balaban J connectivity index is 1.42. The fourth-order valence-electron chi connectivity index (χ4n) is 4.33. The molecule has 176 valence electrons. The van der Waals surface area contributed by atoms with E-state index >= 15 is 0 Å². The highest BCUT2D eigenvalue weighted by Crippen LogP contribution is 2.25. The molecule has 2 atom stereocenters. The quantitative estimate of drug-likeness (QED) is 0.532. The molecule has 0 saturated heterocycles. The van der Waals surface area contributed by atoms with Gasteiger partial charge in [-0.05, 0) is 63.1 Å². The van der Waals surface area contributed by atoms with Crippen molar-refractivity contribution in [1.29, 1.82) is 0 Å². The Bertz CT molecular complexity index is 1210. The molecular weight excluding hydrogens is 432 g/mol. The van der Waals surface area contributed by atoms with Crippen molar-refractivity contribution in [1.82, 2.24) is 10.3 Å². The number of para-hydroxylation sites is 1. The summed E-state index contributed by atoms with van der Waals surface area (Å²) in [5.41, 5.74) is 3.26. The van der Waals surface area contributed by atoms with Crippen molar-refractivity contribution in [2.24, 2.45) is 5.92 Å². The van der Waals surface area contributed by atoms with Crippen molar-refractivity contribution in [3.05, 3.63) is 71.4 Å². The van der Waals surface area contributed by atoms with E-state index in [1.165, 1.54) is 0 Å². The topological polar surface area (TPSA) is 94.6 Å². The third-order valence-corrected chi connectivity index (χ3v) is 6.00. The van der Waals surface area contributed by atoms with Gasteiger partial charge in [-0.25, -0.2) is 0 Å². The maximum absolute atomic E-state index is 12.8. The van der Waals surface area contributed by atoms with Crippen molar-refractivity contribution in [2.45, 2.75) is 45.8 Å². The van der Waals surface area contributed by atoms with E-state index in [0.29, 0.717) is 37.2 Å². The number of pyridine rings is 1. The maximum atomic E-state index is 12.8. The monoisotopic (exact) mass is 460 g/mol. The van der Waals surface area contributed by atoms with Gasteiger partial charge in [-0.2, -0.15) is 0 Å². The molecule has 0 aliphatic heterocycles. The Hall–Kier alpha value is -3.74. The molecule has 0 spiro atoms. The largest absolute Gasteiger partial charge is 0.489 e. The maximum Gasteiger partial charge on any atom is 0.311 e. The lowest BCUT2D eigenvalue weighted by Gasteiger charge is -2.29. The first-order valence-electron chi connectivity index (χ1n) is 11.5.